The summed E-state index contributed by atoms with van der Waals surface area (Å²) in [6.07, 6.45) is 0. The minimum Gasteiger partial charge on any atom is -0.345 e. The van der Waals surface area contributed by atoms with Crippen molar-refractivity contribution in [2.45, 2.75) is 0 Å². The SMILES string of the molecule is CN(c1ccccc1)c1ccc(-c2ccc(N(c3ccccc3)c3cc4c5ccccc5n(-c5ccccc5)c4c4ccccc34)cc2)cc1. The molecule has 0 fully saturated rings. The maximum Gasteiger partial charge on any atom is 0.0621 e. The molecular formula is C47H35N3. The highest BCUT2D eigenvalue weighted by molar-refractivity contribution is 6.22. The Morgan fingerprint density at radius 1 is 0.380 bits per heavy atom. The van der Waals surface area contributed by atoms with Crippen LogP contribution in [0.3, 0.4) is 0 Å². The van der Waals surface area contributed by atoms with Crippen molar-refractivity contribution in [1.29, 1.82) is 0 Å². The third-order valence-corrected chi connectivity index (χ3v) is 9.78. The Bertz CT molecular complexity index is 2570. The minimum atomic E-state index is 1.11. The molecule has 0 atom stereocenters. The molecule has 0 bridgehead atoms. The monoisotopic (exact) mass is 641 g/mol. The van der Waals surface area contributed by atoms with Gasteiger partial charge in [-0.15, -0.1) is 0 Å². The van der Waals surface area contributed by atoms with Gasteiger partial charge < -0.3 is 14.4 Å². The molecule has 0 saturated carbocycles. The molecule has 9 rings (SSSR count). The van der Waals surface area contributed by atoms with E-state index in [1.807, 2.05) is 6.07 Å². The maximum atomic E-state index is 2.42. The van der Waals surface area contributed by atoms with Crippen LogP contribution in [0, 0.1) is 0 Å². The first-order chi connectivity index (χ1) is 24.7. The molecule has 0 aliphatic carbocycles. The lowest BCUT2D eigenvalue weighted by Crippen LogP contribution is -2.10. The van der Waals surface area contributed by atoms with Crippen LogP contribution in [0.2, 0.25) is 0 Å². The van der Waals surface area contributed by atoms with Crippen molar-refractivity contribution >= 4 is 61.0 Å². The fraction of sp³-hybridized carbons (Fsp3) is 0.0213. The van der Waals surface area contributed by atoms with Crippen molar-refractivity contribution in [3.8, 4) is 16.8 Å². The zero-order valence-electron chi connectivity index (χ0n) is 27.8. The summed E-state index contributed by atoms with van der Waals surface area (Å²) in [7, 11) is 2.11. The number of aromatic nitrogens is 1. The lowest BCUT2D eigenvalue weighted by Gasteiger charge is -2.27. The van der Waals surface area contributed by atoms with Crippen LogP contribution < -0.4 is 9.80 Å². The predicted octanol–water partition coefficient (Wildman–Crippen LogP) is 12.8. The van der Waals surface area contributed by atoms with Crippen LogP contribution in [0.15, 0.2) is 194 Å². The van der Waals surface area contributed by atoms with Crippen molar-refractivity contribution in [2.75, 3.05) is 16.8 Å². The van der Waals surface area contributed by atoms with Crippen LogP contribution in [0.1, 0.15) is 0 Å². The Hall–Kier alpha value is -6.58. The van der Waals surface area contributed by atoms with Gasteiger partial charge in [0.25, 0.3) is 0 Å². The van der Waals surface area contributed by atoms with Crippen molar-refractivity contribution in [1.82, 2.24) is 4.57 Å². The smallest absolute Gasteiger partial charge is 0.0621 e. The van der Waals surface area contributed by atoms with E-state index in [4.69, 9.17) is 0 Å². The molecule has 1 heterocycles. The van der Waals surface area contributed by atoms with E-state index >= 15 is 0 Å². The molecular weight excluding hydrogens is 607 g/mol. The highest BCUT2D eigenvalue weighted by Crippen LogP contribution is 2.45. The van der Waals surface area contributed by atoms with Crippen molar-refractivity contribution in [2.24, 2.45) is 0 Å². The molecule has 0 aliphatic heterocycles. The van der Waals surface area contributed by atoms with Gasteiger partial charge in [0.2, 0.25) is 0 Å². The van der Waals surface area contributed by atoms with E-state index in [0.29, 0.717) is 0 Å². The molecule has 0 unspecified atom stereocenters. The average molecular weight is 642 g/mol. The number of hydrogen-bond acceptors (Lipinski definition) is 2. The zero-order valence-corrected chi connectivity index (χ0v) is 27.8. The first kappa shape index (κ1) is 29.6. The van der Waals surface area contributed by atoms with E-state index < -0.39 is 0 Å². The van der Waals surface area contributed by atoms with Crippen molar-refractivity contribution < 1.29 is 0 Å². The molecule has 3 heteroatoms. The Morgan fingerprint density at radius 3 is 1.48 bits per heavy atom. The summed E-state index contributed by atoms with van der Waals surface area (Å²) < 4.78 is 2.42. The molecule has 0 N–H and O–H groups in total. The molecule has 0 amide bonds. The van der Waals surface area contributed by atoms with Gasteiger partial charge in [0.05, 0.1) is 16.7 Å². The van der Waals surface area contributed by atoms with Gasteiger partial charge in [-0.2, -0.15) is 0 Å². The van der Waals surface area contributed by atoms with Gasteiger partial charge in [-0.1, -0.05) is 121 Å². The van der Waals surface area contributed by atoms with Gasteiger partial charge in [0.1, 0.15) is 0 Å². The summed E-state index contributed by atoms with van der Waals surface area (Å²) >= 11 is 0. The van der Waals surface area contributed by atoms with Crippen LogP contribution in [0.5, 0.6) is 0 Å². The number of fused-ring (bicyclic) bond motifs is 5. The minimum absolute atomic E-state index is 1.11. The van der Waals surface area contributed by atoms with Gasteiger partial charge in [-0.3, -0.25) is 0 Å². The Labute approximate surface area is 292 Å². The number of rotatable bonds is 7. The summed E-state index contributed by atoms with van der Waals surface area (Å²) in [5.74, 6) is 0. The normalized spacial score (nSPS) is 11.3. The second-order valence-corrected chi connectivity index (χ2v) is 12.7. The van der Waals surface area contributed by atoms with Crippen molar-refractivity contribution in [3.63, 3.8) is 0 Å². The first-order valence-electron chi connectivity index (χ1n) is 17.1. The largest absolute Gasteiger partial charge is 0.345 e. The molecule has 0 spiro atoms. The molecule has 238 valence electrons. The Kier molecular flexibility index (Phi) is 7.37. The fourth-order valence-electron chi connectivity index (χ4n) is 7.32. The van der Waals surface area contributed by atoms with Gasteiger partial charge in [0, 0.05) is 57.0 Å². The molecule has 0 aliphatic rings. The average Bonchev–Trinajstić information content (AvgIpc) is 3.54. The van der Waals surface area contributed by atoms with E-state index in [1.54, 1.807) is 0 Å². The second-order valence-electron chi connectivity index (χ2n) is 12.7. The first-order valence-corrected chi connectivity index (χ1v) is 17.1. The maximum absolute atomic E-state index is 2.42. The topological polar surface area (TPSA) is 11.4 Å². The van der Waals surface area contributed by atoms with E-state index in [9.17, 15) is 0 Å². The van der Waals surface area contributed by atoms with Crippen LogP contribution in [-0.2, 0) is 0 Å². The lowest BCUT2D eigenvalue weighted by molar-refractivity contribution is 1.19. The third-order valence-electron chi connectivity index (χ3n) is 9.78. The Morgan fingerprint density at radius 2 is 0.840 bits per heavy atom. The lowest BCUT2D eigenvalue weighted by atomic mass is 10.0. The van der Waals surface area contributed by atoms with E-state index in [0.717, 1.165) is 28.4 Å². The molecule has 50 heavy (non-hydrogen) atoms. The third kappa shape index (κ3) is 5.08. The summed E-state index contributed by atoms with van der Waals surface area (Å²) in [6.45, 7) is 0. The molecule has 0 radical (unpaired) electrons. The predicted molar refractivity (Wildman–Crippen MR) is 213 cm³/mol. The number of nitrogens with zero attached hydrogens (tertiary/aromatic N) is 3. The van der Waals surface area contributed by atoms with Crippen LogP contribution >= 0.6 is 0 Å². The molecule has 3 nitrogen and oxygen atoms in total. The highest BCUT2D eigenvalue weighted by atomic mass is 15.1. The number of para-hydroxylation sites is 4. The van der Waals surface area contributed by atoms with Gasteiger partial charge in [-0.05, 0) is 83.9 Å². The molecule has 9 aromatic rings. The number of benzene rings is 8. The van der Waals surface area contributed by atoms with Gasteiger partial charge in [-0.25, -0.2) is 0 Å². The van der Waals surface area contributed by atoms with Crippen LogP contribution in [0.4, 0.5) is 28.4 Å². The van der Waals surface area contributed by atoms with Gasteiger partial charge >= 0.3 is 0 Å². The fourth-order valence-corrected chi connectivity index (χ4v) is 7.32. The molecule has 1 aromatic heterocycles. The summed E-state index contributed by atoms with van der Waals surface area (Å²) in [5.41, 5.74) is 11.7. The Balaban J connectivity index is 1.18. The standard InChI is InChI=1S/C47H35N3/c1-48(36-15-5-2-6-16-36)37-29-25-34(26-30-37)35-27-31-40(32-28-35)49(38-17-7-3-8-18-38)46-33-44-42-22-13-14-24-45(42)50(39-19-9-4-10-20-39)47(44)43-23-12-11-21-41(43)46/h2-33H,1H3. The zero-order chi connectivity index (χ0) is 33.4. The van der Waals surface area contributed by atoms with E-state index in [2.05, 4.69) is 209 Å². The molecule has 0 saturated heterocycles. The van der Waals surface area contributed by atoms with Crippen LogP contribution in [-0.4, -0.2) is 11.6 Å². The summed E-state index contributed by atoms with van der Waals surface area (Å²) in [6, 6.07) is 69.7. The van der Waals surface area contributed by atoms with E-state index in [1.165, 1.54) is 49.4 Å². The second kappa shape index (κ2) is 12.5. The summed E-state index contributed by atoms with van der Waals surface area (Å²) in [5, 5.41) is 4.89. The highest BCUT2D eigenvalue weighted by Gasteiger charge is 2.21. The van der Waals surface area contributed by atoms with E-state index in [-0.39, 0.29) is 0 Å². The van der Waals surface area contributed by atoms with Crippen LogP contribution in [0.25, 0.3) is 49.4 Å². The molecule has 8 aromatic carbocycles. The van der Waals surface area contributed by atoms with Gasteiger partial charge in [0.15, 0.2) is 0 Å². The number of anilines is 5. The summed E-state index contributed by atoms with van der Waals surface area (Å²) in [4.78, 5) is 4.61. The number of hydrogen-bond donors (Lipinski definition) is 0. The quantitative estimate of drug-likeness (QED) is 0.172. The van der Waals surface area contributed by atoms with Crippen molar-refractivity contribution in [3.05, 3.63) is 194 Å².